The third-order valence-corrected chi connectivity index (χ3v) is 6.01. The Bertz CT molecular complexity index is 1460. The van der Waals surface area contributed by atoms with Gasteiger partial charge in [0.15, 0.2) is 0 Å². The first-order valence-corrected chi connectivity index (χ1v) is 11.9. The number of alkyl halides is 6. The second-order valence-corrected chi connectivity index (χ2v) is 8.66. The Morgan fingerprint density at radius 2 is 1.62 bits per heavy atom. The molecule has 208 valence electrons. The molecule has 0 radical (unpaired) electrons. The molecule has 4 aromatic rings. The molecule has 0 spiro atoms. The van der Waals surface area contributed by atoms with E-state index in [0.29, 0.717) is 35.1 Å². The predicted octanol–water partition coefficient (Wildman–Crippen LogP) is 5.61. The quantitative estimate of drug-likeness (QED) is 0.208. The summed E-state index contributed by atoms with van der Waals surface area (Å²) in [4.78, 5) is 15.5. The molecule has 2 aromatic carbocycles. The standard InChI is InChI=1S/C25H24F6N6O2/c1-4-37-20-9-7-6-8-18(20)19(21(37)22(38)39-5-2)14-36(23-32-34-35(3)33-23)13-15-10-16(24(26,27)28)12-17(11-15)25(29,30)31/h6-12H,4-5,13-14H2,1-3H3. The molecule has 0 saturated carbocycles. The maximum absolute atomic E-state index is 13.5. The number of hydrogen-bond acceptors (Lipinski definition) is 6. The van der Waals surface area contributed by atoms with Crippen LogP contribution in [0.25, 0.3) is 10.9 Å². The van der Waals surface area contributed by atoms with E-state index in [1.807, 2.05) is 6.92 Å². The Kier molecular flexibility index (Phi) is 7.57. The third-order valence-electron chi connectivity index (χ3n) is 6.01. The van der Waals surface area contributed by atoms with Crippen molar-refractivity contribution in [2.24, 2.45) is 7.05 Å². The van der Waals surface area contributed by atoms with Crippen molar-refractivity contribution in [1.29, 1.82) is 0 Å². The molecule has 0 fully saturated rings. The highest BCUT2D eigenvalue weighted by atomic mass is 19.4. The van der Waals surface area contributed by atoms with Gasteiger partial charge in [0.05, 0.1) is 24.8 Å². The Labute approximate surface area is 218 Å². The number of aryl methyl sites for hydroxylation is 2. The molecule has 0 amide bonds. The summed E-state index contributed by atoms with van der Waals surface area (Å²) in [7, 11) is 1.47. The number of anilines is 1. The molecule has 0 N–H and O–H groups in total. The fourth-order valence-electron chi connectivity index (χ4n) is 4.42. The highest BCUT2D eigenvalue weighted by molar-refractivity contribution is 5.99. The van der Waals surface area contributed by atoms with Crippen LogP contribution in [0.2, 0.25) is 0 Å². The molecule has 4 rings (SSSR count). The molecule has 0 unspecified atom stereocenters. The monoisotopic (exact) mass is 554 g/mol. The Morgan fingerprint density at radius 1 is 0.974 bits per heavy atom. The minimum Gasteiger partial charge on any atom is -0.461 e. The average molecular weight is 554 g/mol. The number of carbonyl (C=O) groups is 1. The summed E-state index contributed by atoms with van der Waals surface area (Å²) >= 11 is 0. The van der Waals surface area contributed by atoms with Crippen molar-refractivity contribution < 1.29 is 35.9 Å². The van der Waals surface area contributed by atoms with Gasteiger partial charge in [-0.1, -0.05) is 23.3 Å². The molecule has 14 heteroatoms. The highest BCUT2D eigenvalue weighted by Crippen LogP contribution is 2.37. The van der Waals surface area contributed by atoms with Crippen molar-refractivity contribution in [1.82, 2.24) is 24.8 Å². The summed E-state index contributed by atoms with van der Waals surface area (Å²) in [5.41, 5.74) is -1.76. The second kappa shape index (κ2) is 10.6. The van der Waals surface area contributed by atoms with Crippen LogP contribution in [0.15, 0.2) is 42.5 Å². The molecular weight excluding hydrogens is 530 g/mol. The number of ether oxygens (including phenoxy) is 1. The summed E-state index contributed by atoms with van der Waals surface area (Å²) < 4.78 is 88.1. The van der Waals surface area contributed by atoms with E-state index < -0.39 is 36.0 Å². The lowest BCUT2D eigenvalue weighted by Crippen LogP contribution is -2.26. The summed E-state index contributed by atoms with van der Waals surface area (Å²) in [6, 6.07) is 8.50. The third kappa shape index (κ3) is 5.83. The van der Waals surface area contributed by atoms with Gasteiger partial charge in [-0.15, -0.1) is 5.10 Å². The predicted molar refractivity (Wildman–Crippen MR) is 129 cm³/mol. The molecule has 0 aliphatic heterocycles. The SMILES string of the molecule is CCOC(=O)c1c(CN(Cc2cc(C(F)(F)F)cc(C(F)(F)F)c2)c2nnn(C)n2)c2ccccc2n1CC. The van der Waals surface area contributed by atoms with Crippen LogP contribution in [0.1, 0.15) is 46.6 Å². The first-order chi connectivity index (χ1) is 18.3. The van der Waals surface area contributed by atoms with Gasteiger partial charge in [0.2, 0.25) is 0 Å². The minimum absolute atomic E-state index is 0.0494. The first kappa shape index (κ1) is 27.9. The van der Waals surface area contributed by atoms with Crippen LogP contribution in [0.4, 0.5) is 32.3 Å². The molecule has 39 heavy (non-hydrogen) atoms. The molecule has 0 aliphatic carbocycles. The topological polar surface area (TPSA) is 78.1 Å². The maximum atomic E-state index is 13.5. The van der Waals surface area contributed by atoms with Gasteiger partial charge in [-0.05, 0) is 48.9 Å². The summed E-state index contributed by atoms with van der Waals surface area (Å²) in [5.74, 6) is -0.664. The number of nitrogens with zero attached hydrogens (tertiary/aromatic N) is 6. The van der Waals surface area contributed by atoms with Crippen LogP contribution in [0, 0.1) is 0 Å². The number of halogens is 6. The van der Waals surface area contributed by atoms with E-state index in [4.69, 9.17) is 4.74 Å². The van der Waals surface area contributed by atoms with Crippen LogP contribution < -0.4 is 4.90 Å². The van der Waals surface area contributed by atoms with E-state index in [9.17, 15) is 31.1 Å². The number of para-hydroxylation sites is 1. The van der Waals surface area contributed by atoms with Crippen LogP contribution in [0.3, 0.4) is 0 Å². The van der Waals surface area contributed by atoms with E-state index in [0.717, 1.165) is 4.80 Å². The number of aromatic nitrogens is 5. The van der Waals surface area contributed by atoms with E-state index in [1.165, 1.54) is 11.9 Å². The number of benzene rings is 2. The van der Waals surface area contributed by atoms with Crippen molar-refractivity contribution >= 4 is 22.8 Å². The van der Waals surface area contributed by atoms with Crippen molar-refractivity contribution in [2.75, 3.05) is 11.5 Å². The molecule has 2 heterocycles. The fraction of sp³-hybridized carbons (Fsp3) is 0.360. The number of hydrogen-bond donors (Lipinski definition) is 0. The Hall–Kier alpha value is -4.10. The van der Waals surface area contributed by atoms with Gasteiger partial charge < -0.3 is 14.2 Å². The van der Waals surface area contributed by atoms with Crippen LogP contribution >= 0.6 is 0 Å². The summed E-state index contributed by atoms with van der Waals surface area (Å²) in [6.45, 7) is 3.42. The highest BCUT2D eigenvalue weighted by Gasteiger charge is 2.37. The average Bonchev–Trinajstić information content (AvgIpc) is 3.43. The molecule has 8 nitrogen and oxygen atoms in total. The zero-order chi connectivity index (χ0) is 28.5. The first-order valence-electron chi connectivity index (χ1n) is 11.9. The van der Waals surface area contributed by atoms with Gasteiger partial charge in [0.1, 0.15) is 5.69 Å². The van der Waals surface area contributed by atoms with Gasteiger partial charge in [0, 0.05) is 36.1 Å². The second-order valence-electron chi connectivity index (χ2n) is 8.66. The van der Waals surface area contributed by atoms with Gasteiger partial charge in [-0.2, -0.15) is 31.1 Å². The fourth-order valence-corrected chi connectivity index (χ4v) is 4.42. The molecule has 0 aliphatic rings. The van der Waals surface area contributed by atoms with Crippen molar-refractivity contribution in [2.45, 2.75) is 45.8 Å². The van der Waals surface area contributed by atoms with Crippen molar-refractivity contribution in [3.05, 3.63) is 70.4 Å². The molecular formula is C25H24F6N6O2. The number of carbonyl (C=O) groups excluding carboxylic acids is 1. The smallest absolute Gasteiger partial charge is 0.416 e. The molecule has 2 aromatic heterocycles. The number of tetrazole rings is 1. The normalized spacial score (nSPS) is 12.2. The van der Waals surface area contributed by atoms with E-state index in [-0.39, 0.29) is 36.4 Å². The Balaban J connectivity index is 1.87. The lowest BCUT2D eigenvalue weighted by atomic mass is 10.0. The van der Waals surface area contributed by atoms with Crippen LogP contribution in [-0.2, 0) is 43.8 Å². The van der Waals surface area contributed by atoms with E-state index in [1.54, 1.807) is 35.8 Å². The minimum atomic E-state index is -5.00. The van der Waals surface area contributed by atoms with Crippen LogP contribution in [0.5, 0.6) is 0 Å². The summed E-state index contributed by atoms with van der Waals surface area (Å²) in [5, 5.41) is 12.5. The van der Waals surface area contributed by atoms with Gasteiger partial charge in [0.25, 0.3) is 5.95 Å². The van der Waals surface area contributed by atoms with E-state index >= 15 is 0 Å². The maximum Gasteiger partial charge on any atom is 0.416 e. The molecule has 0 saturated heterocycles. The Morgan fingerprint density at radius 3 is 2.15 bits per heavy atom. The van der Waals surface area contributed by atoms with Crippen LogP contribution in [-0.4, -0.2) is 37.4 Å². The number of esters is 1. The molecule has 0 atom stereocenters. The lowest BCUT2D eigenvalue weighted by Gasteiger charge is -2.23. The zero-order valence-electron chi connectivity index (χ0n) is 21.1. The summed E-state index contributed by atoms with van der Waals surface area (Å²) in [6.07, 6.45) is -10.0. The largest absolute Gasteiger partial charge is 0.461 e. The zero-order valence-corrected chi connectivity index (χ0v) is 21.1. The number of rotatable bonds is 8. The number of fused-ring (bicyclic) bond motifs is 1. The van der Waals surface area contributed by atoms with E-state index in [2.05, 4.69) is 15.4 Å². The molecule has 0 bridgehead atoms. The van der Waals surface area contributed by atoms with Gasteiger partial charge in [-0.25, -0.2) is 4.79 Å². The van der Waals surface area contributed by atoms with Gasteiger partial charge in [-0.3, -0.25) is 0 Å². The van der Waals surface area contributed by atoms with Gasteiger partial charge >= 0.3 is 18.3 Å². The lowest BCUT2D eigenvalue weighted by molar-refractivity contribution is -0.143. The van der Waals surface area contributed by atoms with Crippen molar-refractivity contribution in [3.8, 4) is 0 Å². The van der Waals surface area contributed by atoms with Crippen molar-refractivity contribution in [3.63, 3.8) is 0 Å².